The Hall–Kier alpha value is -2.17. The van der Waals surface area contributed by atoms with E-state index < -0.39 is 23.1 Å². The molecule has 0 spiro atoms. The van der Waals surface area contributed by atoms with Gasteiger partial charge in [0.2, 0.25) is 5.78 Å². The Balaban J connectivity index is 2.48. The van der Waals surface area contributed by atoms with Gasteiger partial charge in [-0.15, -0.1) is 0 Å². The number of ketones is 1. The largest absolute Gasteiger partial charge is 0.287 e. The van der Waals surface area contributed by atoms with E-state index in [2.05, 4.69) is 9.97 Å². The van der Waals surface area contributed by atoms with E-state index in [1.807, 2.05) is 0 Å². The van der Waals surface area contributed by atoms with Gasteiger partial charge in [0.15, 0.2) is 11.6 Å². The molecule has 5 heteroatoms. The normalized spacial score (nSPS) is 10.1. The van der Waals surface area contributed by atoms with E-state index in [0.29, 0.717) is 0 Å². The van der Waals surface area contributed by atoms with Gasteiger partial charge in [-0.05, 0) is 18.2 Å². The molecule has 0 unspecified atom stereocenters. The maximum Gasteiger partial charge on any atom is 0.217 e. The lowest BCUT2D eigenvalue weighted by Gasteiger charge is -2.01. The average Bonchev–Trinajstić information content (AvgIpc) is 2.29. The van der Waals surface area contributed by atoms with Crippen molar-refractivity contribution in [1.29, 1.82) is 0 Å². The summed E-state index contributed by atoms with van der Waals surface area (Å²) in [6, 6.07) is 3.64. The minimum atomic E-state index is -0.794. The van der Waals surface area contributed by atoms with Gasteiger partial charge in [-0.1, -0.05) is 0 Å². The number of hydrogen-bond acceptors (Lipinski definition) is 3. The summed E-state index contributed by atoms with van der Waals surface area (Å²) in [7, 11) is 0. The van der Waals surface area contributed by atoms with Crippen molar-refractivity contribution < 1.29 is 13.6 Å². The Bertz CT molecular complexity index is 496. The van der Waals surface area contributed by atoms with Gasteiger partial charge in [-0.25, -0.2) is 13.8 Å². The molecule has 0 amide bonds. The van der Waals surface area contributed by atoms with Gasteiger partial charge in [0.1, 0.15) is 5.69 Å². The maximum atomic E-state index is 13.2. The first kappa shape index (κ1) is 10.4. The first-order valence-electron chi connectivity index (χ1n) is 4.45. The van der Waals surface area contributed by atoms with Crippen LogP contribution in [0.2, 0.25) is 0 Å². The number of pyridine rings is 2. The molecule has 0 aliphatic heterocycles. The van der Waals surface area contributed by atoms with E-state index in [9.17, 15) is 13.6 Å². The number of aromatic nitrogens is 2. The molecule has 2 heterocycles. The van der Waals surface area contributed by atoms with Crippen LogP contribution in [0.25, 0.3) is 0 Å². The molecule has 80 valence electrons. The van der Waals surface area contributed by atoms with Crippen LogP contribution >= 0.6 is 0 Å². The van der Waals surface area contributed by atoms with Gasteiger partial charge >= 0.3 is 0 Å². The molecule has 16 heavy (non-hydrogen) atoms. The molecule has 0 saturated heterocycles. The van der Waals surface area contributed by atoms with Crippen molar-refractivity contribution in [2.75, 3.05) is 0 Å². The molecule has 3 nitrogen and oxygen atoms in total. The lowest BCUT2D eigenvalue weighted by atomic mass is 10.1. The first-order valence-corrected chi connectivity index (χ1v) is 4.45. The molecule has 0 aromatic carbocycles. The lowest BCUT2D eigenvalue weighted by molar-refractivity contribution is 0.102. The van der Waals surface area contributed by atoms with E-state index in [1.54, 1.807) is 0 Å². The Kier molecular flexibility index (Phi) is 2.68. The van der Waals surface area contributed by atoms with Gasteiger partial charge in [-0.2, -0.15) is 0 Å². The van der Waals surface area contributed by atoms with Gasteiger partial charge in [0.05, 0.1) is 11.8 Å². The molecule has 2 aromatic rings. The third-order valence-electron chi connectivity index (χ3n) is 1.99. The second kappa shape index (κ2) is 4.14. The molecular formula is C11H6F2N2O. The molecule has 0 aliphatic rings. The predicted molar refractivity (Wildman–Crippen MR) is 51.8 cm³/mol. The van der Waals surface area contributed by atoms with Gasteiger partial charge in [0.25, 0.3) is 0 Å². The Morgan fingerprint density at radius 3 is 2.62 bits per heavy atom. The summed E-state index contributed by atoms with van der Waals surface area (Å²) in [5, 5.41) is 0. The van der Waals surface area contributed by atoms with E-state index in [-0.39, 0.29) is 5.56 Å². The lowest BCUT2D eigenvalue weighted by Crippen LogP contribution is -2.09. The van der Waals surface area contributed by atoms with Crippen molar-refractivity contribution in [2.45, 2.75) is 0 Å². The number of nitrogens with zero attached hydrogens (tertiary/aromatic N) is 2. The van der Waals surface area contributed by atoms with Gasteiger partial charge in [-0.3, -0.25) is 9.78 Å². The summed E-state index contributed by atoms with van der Waals surface area (Å²) < 4.78 is 26.5. The molecule has 0 aliphatic carbocycles. The number of carbonyl (C=O) groups excluding carboxylic acids is 1. The first-order chi connectivity index (χ1) is 7.70. The van der Waals surface area contributed by atoms with Crippen LogP contribution in [0.4, 0.5) is 8.78 Å². The zero-order chi connectivity index (χ0) is 11.5. The zero-order valence-electron chi connectivity index (χ0n) is 8.02. The Labute approximate surface area is 89.8 Å². The molecule has 0 atom stereocenters. The molecule has 2 rings (SSSR count). The number of hydrogen-bond donors (Lipinski definition) is 0. The van der Waals surface area contributed by atoms with E-state index in [1.165, 1.54) is 24.5 Å². The maximum absolute atomic E-state index is 13.2. The Morgan fingerprint density at radius 1 is 1.12 bits per heavy atom. The molecule has 2 aromatic heterocycles. The molecule has 0 saturated carbocycles. The molecular weight excluding hydrogens is 214 g/mol. The summed E-state index contributed by atoms with van der Waals surface area (Å²) >= 11 is 0. The van der Waals surface area contributed by atoms with Crippen molar-refractivity contribution >= 4 is 5.78 Å². The van der Waals surface area contributed by atoms with Crippen LogP contribution < -0.4 is 0 Å². The van der Waals surface area contributed by atoms with Crippen LogP contribution in [0.1, 0.15) is 16.1 Å². The minimum absolute atomic E-state index is 0.243. The molecule has 0 radical (unpaired) electrons. The standard InChI is InChI=1S/C11H6F2N2O/c12-8-2-1-4-15-10(8)11(16)7-3-5-14-6-9(7)13/h1-6H. The highest BCUT2D eigenvalue weighted by Gasteiger charge is 2.18. The SMILES string of the molecule is O=C(c1ccncc1F)c1ncccc1F. The highest BCUT2D eigenvalue weighted by atomic mass is 19.1. The highest BCUT2D eigenvalue weighted by molar-refractivity contribution is 6.07. The van der Waals surface area contributed by atoms with Crippen molar-refractivity contribution in [3.05, 3.63) is 59.7 Å². The third kappa shape index (κ3) is 1.79. The smallest absolute Gasteiger partial charge is 0.217 e. The summed E-state index contributed by atoms with van der Waals surface area (Å²) in [5.74, 6) is -2.36. The van der Waals surface area contributed by atoms with Crippen molar-refractivity contribution in [2.24, 2.45) is 0 Å². The van der Waals surface area contributed by atoms with Crippen LogP contribution in [0, 0.1) is 11.6 Å². The van der Waals surface area contributed by atoms with E-state index in [0.717, 1.165) is 12.3 Å². The van der Waals surface area contributed by atoms with Crippen molar-refractivity contribution in [3.63, 3.8) is 0 Å². The monoisotopic (exact) mass is 220 g/mol. The fourth-order valence-corrected chi connectivity index (χ4v) is 1.24. The average molecular weight is 220 g/mol. The van der Waals surface area contributed by atoms with Crippen molar-refractivity contribution in [3.8, 4) is 0 Å². The molecule has 0 bridgehead atoms. The van der Waals surface area contributed by atoms with Crippen LogP contribution in [0.15, 0.2) is 36.8 Å². The minimum Gasteiger partial charge on any atom is -0.287 e. The van der Waals surface area contributed by atoms with Crippen LogP contribution in [0.5, 0.6) is 0 Å². The zero-order valence-corrected chi connectivity index (χ0v) is 8.02. The van der Waals surface area contributed by atoms with Crippen molar-refractivity contribution in [1.82, 2.24) is 9.97 Å². The highest BCUT2D eigenvalue weighted by Crippen LogP contribution is 2.12. The Morgan fingerprint density at radius 2 is 1.94 bits per heavy atom. The summed E-state index contributed by atoms with van der Waals surface area (Å²) in [4.78, 5) is 18.8. The summed E-state index contributed by atoms with van der Waals surface area (Å²) in [5.41, 5.74) is -0.639. The second-order valence-corrected chi connectivity index (χ2v) is 3.02. The number of halogens is 2. The number of carbonyl (C=O) groups is 1. The molecule has 0 fully saturated rings. The topological polar surface area (TPSA) is 42.9 Å². The van der Waals surface area contributed by atoms with E-state index >= 15 is 0 Å². The quantitative estimate of drug-likeness (QED) is 0.727. The fourth-order valence-electron chi connectivity index (χ4n) is 1.24. The summed E-state index contributed by atoms with van der Waals surface area (Å²) in [6.07, 6.45) is 3.43. The summed E-state index contributed by atoms with van der Waals surface area (Å²) in [6.45, 7) is 0. The third-order valence-corrected chi connectivity index (χ3v) is 1.99. The fraction of sp³-hybridized carbons (Fsp3) is 0. The van der Waals surface area contributed by atoms with Crippen LogP contribution in [0.3, 0.4) is 0 Å². The molecule has 0 N–H and O–H groups in total. The van der Waals surface area contributed by atoms with Gasteiger partial charge in [0, 0.05) is 12.4 Å². The van der Waals surface area contributed by atoms with Crippen LogP contribution in [-0.4, -0.2) is 15.8 Å². The number of rotatable bonds is 2. The predicted octanol–water partition coefficient (Wildman–Crippen LogP) is 1.99. The van der Waals surface area contributed by atoms with Gasteiger partial charge < -0.3 is 0 Å². The second-order valence-electron chi connectivity index (χ2n) is 3.02. The van der Waals surface area contributed by atoms with Crippen LogP contribution in [-0.2, 0) is 0 Å². The van der Waals surface area contributed by atoms with E-state index in [4.69, 9.17) is 0 Å².